The lowest BCUT2D eigenvalue weighted by Gasteiger charge is -2.11. The number of fused-ring (bicyclic) bond motifs is 1. The van der Waals surface area contributed by atoms with E-state index in [0.717, 1.165) is 47.5 Å². The zero-order valence-electron chi connectivity index (χ0n) is 11.6. The Balaban J connectivity index is 2.01. The molecule has 1 aliphatic rings. The summed E-state index contributed by atoms with van der Waals surface area (Å²) in [4.78, 5) is 9.50. The highest BCUT2D eigenvalue weighted by atomic mass is 79.9. The van der Waals surface area contributed by atoms with Crippen LogP contribution in [0, 0.1) is 0 Å². The number of anilines is 1. The first-order valence-electron chi connectivity index (χ1n) is 7.17. The largest absolute Gasteiger partial charge is 0.370 e. The Morgan fingerprint density at radius 1 is 1.15 bits per heavy atom. The Labute approximate surface area is 128 Å². The quantitative estimate of drug-likeness (QED) is 0.911. The van der Waals surface area contributed by atoms with Gasteiger partial charge in [-0.05, 0) is 37.8 Å². The number of rotatable bonds is 4. The van der Waals surface area contributed by atoms with Gasteiger partial charge in [0.2, 0.25) is 0 Å². The molecule has 1 aromatic carbocycles. The van der Waals surface area contributed by atoms with Crippen LogP contribution in [0.1, 0.15) is 31.0 Å². The van der Waals surface area contributed by atoms with Gasteiger partial charge >= 0.3 is 0 Å². The molecule has 0 saturated heterocycles. The van der Waals surface area contributed by atoms with Crippen molar-refractivity contribution < 1.29 is 0 Å². The smallest absolute Gasteiger partial charge is 0.161 e. The topological polar surface area (TPSA) is 37.8 Å². The van der Waals surface area contributed by atoms with Crippen molar-refractivity contribution in [2.75, 3.05) is 11.9 Å². The number of halogens is 1. The van der Waals surface area contributed by atoms with E-state index < -0.39 is 0 Å². The maximum Gasteiger partial charge on any atom is 0.161 e. The second-order valence-corrected chi connectivity index (χ2v) is 6.02. The van der Waals surface area contributed by atoms with Crippen LogP contribution < -0.4 is 5.32 Å². The summed E-state index contributed by atoms with van der Waals surface area (Å²) in [5.41, 5.74) is 3.61. The van der Waals surface area contributed by atoms with Gasteiger partial charge in [-0.2, -0.15) is 0 Å². The van der Waals surface area contributed by atoms with Gasteiger partial charge in [-0.3, -0.25) is 0 Å². The van der Waals surface area contributed by atoms with Crippen molar-refractivity contribution in [1.82, 2.24) is 9.97 Å². The molecule has 0 amide bonds. The number of benzene rings is 1. The van der Waals surface area contributed by atoms with Crippen LogP contribution in [0.2, 0.25) is 0 Å². The van der Waals surface area contributed by atoms with Crippen LogP contribution >= 0.6 is 15.9 Å². The minimum Gasteiger partial charge on any atom is -0.370 e. The molecule has 1 aliphatic carbocycles. The van der Waals surface area contributed by atoms with Crippen molar-refractivity contribution in [2.24, 2.45) is 0 Å². The summed E-state index contributed by atoms with van der Waals surface area (Å²) in [6.07, 6.45) is 4.46. The molecule has 104 valence electrons. The third-order valence-electron chi connectivity index (χ3n) is 3.58. The lowest BCUT2D eigenvalue weighted by atomic mass is 10.2. The van der Waals surface area contributed by atoms with Gasteiger partial charge in [0.05, 0.1) is 0 Å². The maximum atomic E-state index is 4.76. The Morgan fingerprint density at radius 2 is 1.95 bits per heavy atom. The van der Waals surface area contributed by atoms with E-state index in [1.807, 2.05) is 12.1 Å². The monoisotopic (exact) mass is 331 g/mol. The molecule has 0 fully saturated rings. The molecule has 4 heteroatoms. The van der Waals surface area contributed by atoms with Crippen molar-refractivity contribution in [3.05, 3.63) is 40.0 Å². The molecular formula is C16H18BrN3. The Kier molecular flexibility index (Phi) is 4.01. The van der Waals surface area contributed by atoms with Gasteiger partial charge in [0.1, 0.15) is 5.82 Å². The van der Waals surface area contributed by atoms with Gasteiger partial charge < -0.3 is 5.32 Å². The molecule has 1 N–H and O–H groups in total. The molecular weight excluding hydrogens is 314 g/mol. The fourth-order valence-electron chi connectivity index (χ4n) is 2.55. The standard InChI is InChI=1S/C16H18BrN3/c1-2-10-18-16-13-4-3-5-14(13)19-15(20-16)11-6-8-12(17)9-7-11/h6-9H,2-5,10H2,1H3,(H,18,19,20). The van der Waals surface area contributed by atoms with E-state index in [4.69, 9.17) is 9.97 Å². The molecule has 2 aromatic rings. The summed E-state index contributed by atoms with van der Waals surface area (Å²) in [6, 6.07) is 8.19. The van der Waals surface area contributed by atoms with Crippen LogP contribution in [0.25, 0.3) is 11.4 Å². The van der Waals surface area contributed by atoms with E-state index in [9.17, 15) is 0 Å². The van der Waals surface area contributed by atoms with E-state index in [1.54, 1.807) is 0 Å². The summed E-state index contributed by atoms with van der Waals surface area (Å²) < 4.78 is 1.08. The van der Waals surface area contributed by atoms with Gasteiger partial charge in [-0.1, -0.05) is 35.0 Å². The SMILES string of the molecule is CCCNc1nc(-c2ccc(Br)cc2)nc2c1CCC2. The first-order chi connectivity index (χ1) is 9.78. The fourth-order valence-corrected chi connectivity index (χ4v) is 2.81. The van der Waals surface area contributed by atoms with E-state index >= 15 is 0 Å². The summed E-state index contributed by atoms with van der Waals surface area (Å²) in [5, 5.41) is 3.46. The van der Waals surface area contributed by atoms with Crippen LogP contribution in [0.4, 0.5) is 5.82 Å². The average molecular weight is 332 g/mol. The van der Waals surface area contributed by atoms with Gasteiger partial charge in [-0.15, -0.1) is 0 Å². The molecule has 3 nitrogen and oxygen atoms in total. The molecule has 1 aromatic heterocycles. The number of aryl methyl sites for hydroxylation is 1. The van der Waals surface area contributed by atoms with Crippen molar-refractivity contribution in [3.63, 3.8) is 0 Å². The molecule has 0 aliphatic heterocycles. The minimum atomic E-state index is 0.830. The van der Waals surface area contributed by atoms with Gasteiger partial charge in [-0.25, -0.2) is 9.97 Å². The predicted molar refractivity (Wildman–Crippen MR) is 86.0 cm³/mol. The summed E-state index contributed by atoms with van der Waals surface area (Å²) >= 11 is 3.46. The molecule has 20 heavy (non-hydrogen) atoms. The lowest BCUT2D eigenvalue weighted by molar-refractivity contribution is 0.899. The van der Waals surface area contributed by atoms with Crippen LogP contribution in [-0.2, 0) is 12.8 Å². The van der Waals surface area contributed by atoms with Crippen LogP contribution in [0.3, 0.4) is 0 Å². The average Bonchev–Trinajstić information content (AvgIpc) is 2.94. The number of nitrogens with one attached hydrogen (secondary N) is 1. The molecule has 1 heterocycles. The lowest BCUT2D eigenvalue weighted by Crippen LogP contribution is -2.08. The Morgan fingerprint density at radius 3 is 2.70 bits per heavy atom. The van der Waals surface area contributed by atoms with Gasteiger partial charge in [0.15, 0.2) is 5.82 Å². The van der Waals surface area contributed by atoms with E-state index in [1.165, 1.54) is 17.7 Å². The molecule has 0 atom stereocenters. The maximum absolute atomic E-state index is 4.76. The van der Waals surface area contributed by atoms with Crippen molar-refractivity contribution in [1.29, 1.82) is 0 Å². The Hall–Kier alpha value is -1.42. The highest BCUT2D eigenvalue weighted by Gasteiger charge is 2.19. The molecule has 0 spiro atoms. The molecule has 0 unspecified atom stereocenters. The predicted octanol–water partition coefficient (Wildman–Crippen LogP) is 4.22. The zero-order chi connectivity index (χ0) is 13.9. The fraction of sp³-hybridized carbons (Fsp3) is 0.375. The second-order valence-electron chi connectivity index (χ2n) is 5.11. The minimum absolute atomic E-state index is 0.830. The number of hydrogen-bond acceptors (Lipinski definition) is 3. The molecule has 0 bridgehead atoms. The highest BCUT2D eigenvalue weighted by Crippen LogP contribution is 2.29. The Bertz CT molecular complexity index is 608. The normalized spacial score (nSPS) is 13.3. The zero-order valence-corrected chi connectivity index (χ0v) is 13.2. The first-order valence-corrected chi connectivity index (χ1v) is 7.97. The summed E-state index contributed by atoms with van der Waals surface area (Å²) in [5.74, 6) is 1.86. The number of nitrogens with zero attached hydrogens (tertiary/aromatic N) is 2. The van der Waals surface area contributed by atoms with Crippen LogP contribution in [-0.4, -0.2) is 16.5 Å². The van der Waals surface area contributed by atoms with Gasteiger partial charge in [0.25, 0.3) is 0 Å². The second kappa shape index (κ2) is 5.92. The number of hydrogen-bond donors (Lipinski definition) is 1. The van der Waals surface area contributed by atoms with Gasteiger partial charge in [0, 0.05) is 27.8 Å². The van der Waals surface area contributed by atoms with Crippen molar-refractivity contribution >= 4 is 21.7 Å². The third-order valence-corrected chi connectivity index (χ3v) is 4.11. The molecule has 3 rings (SSSR count). The molecule has 0 saturated carbocycles. The van der Waals surface area contributed by atoms with Crippen LogP contribution in [0.5, 0.6) is 0 Å². The van der Waals surface area contributed by atoms with Crippen molar-refractivity contribution in [2.45, 2.75) is 32.6 Å². The molecule has 0 radical (unpaired) electrons. The highest BCUT2D eigenvalue weighted by molar-refractivity contribution is 9.10. The summed E-state index contributed by atoms with van der Waals surface area (Å²) in [7, 11) is 0. The third kappa shape index (κ3) is 2.70. The number of aromatic nitrogens is 2. The first kappa shape index (κ1) is 13.6. The van der Waals surface area contributed by atoms with E-state index in [2.05, 4.69) is 40.3 Å². The van der Waals surface area contributed by atoms with Crippen molar-refractivity contribution in [3.8, 4) is 11.4 Å². The summed E-state index contributed by atoms with van der Waals surface area (Å²) in [6.45, 7) is 3.13. The van der Waals surface area contributed by atoms with Crippen LogP contribution in [0.15, 0.2) is 28.7 Å². The van der Waals surface area contributed by atoms with E-state index in [-0.39, 0.29) is 0 Å². The van der Waals surface area contributed by atoms with E-state index in [0.29, 0.717) is 0 Å².